The van der Waals surface area contributed by atoms with Crippen molar-refractivity contribution in [1.29, 1.82) is 0 Å². The lowest BCUT2D eigenvalue weighted by atomic mass is 10.0. The number of aliphatic hydroxyl groups is 1. The third-order valence-electron chi connectivity index (χ3n) is 1.67. The molecule has 0 radical (unpaired) electrons. The molecule has 0 fully saturated rings. The zero-order valence-corrected chi connectivity index (χ0v) is 5.58. The molecule has 0 amide bonds. The minimum atomic E-state index is 0.0231. The summed E-state index contributed by atoms with van der Waals surface area (Å²) in [6.45, 7) is 2.20. The van der Waals surface area contributed by atoms with E-state index in [9.17, 15) is 0 Å². The van der Waals surface area contributed by atoms with Gasteiger partial charge in [-0.2, -0.15) is 0 Å². The molecule has 0 aromatic carbocycles. The van der Waals surface area contributed by atoms with E-state index in [-0.39, 0.29) is 12.7 Å². The fraction of sp³-hybridized carbons (Fsp3) is 0.714. The summed E-state index contributed by atoms with van der Waals surface area (Å²) in [6, 6.07) is 0. The van der Waals surface area contributed by atoms with Crippen molar-refractivity contribution in [1.82, 2.24) is 0 Å². The third-order valence-corrected chi connectivity index (χ3v) is 1.67. The average Bonchev–Trinajstić information content (AvgIpc) is 1.89. The number of allylic oxidation sites excluding steroid dienone is 1. The maximum atomic E-state index is 8.70. The van der Waals surface area contributed by atoms with E-state index in [0.29, 0.717) is 5.92 Å². The highest BCUT2D eigenvalue weighted by Crippen LogP contribution is 2.16. The van der Waals surface area contributed by atoms with Gasteiger partial charge in [0.15, 0.2) is 0 Å². The van der Waals surface area contributed by atoms with Crippen molar-refractivity contribution >= 4 is 0 Å². The normalized spacial score (nSPS) is 34.0. The predicted octanol–water partition coefficient (Wildman–Crippen LogP) is 0.917. The first-order chi connectivity index (χ1) is 4.34. The van der Waals surface area contributed by atoms with E-state index in [1.165, 1.54) is 0 Å². The average molecular weight is 128 g/mol. The summed E-state index contributed by atoms with van der Waals surface area (Å²) in [7, 11) is 0. The molecule has 1 rings (SSSR count). The van der Waals surface area contributed by atoms with E-state index < -0.39 is 0 Å². The van der Waals surface area contributed by atoms with E-state index in [0.717, 1.165) is 6.42 Å². The van der Waals surface area contributed by atoms with E-state index in [1.54, 1.807) is 6.26 Å². The lowest BCUT2D eigenvalue weighted by molar-refractivity contribution is 0.0291. The molecule has 1 N–H and O–H groups in total. The minimum Gasteiger partial charge on any atom is -0.496 e. The van der Waals surface area contributed by atoms with Crippen molar-refractivity contribution in [2.45, 2.75) is 19.4 Å². The molecule has 0 aromatic heterocycles. The zero-order valence-electron chi connectivity index (χ0n) is 5.58. The van der Waals surface area contributed by atoms with Gasteiger partial charge in [-0.3, -0.25) is 0 Å². The second kappa shape index (κ2) is 2.87. The van der Waals surface area contributed by atoms with E-state index >= 15 is 0 Å². The van der Waals surface area contributed by atoms with Crippen LogP contribution in [0.15, 0.2) is 12.3 Å². The van der Waals surface area contributed by atoms with Crippen molar-refractivity contribution in [3.63, 3.8) is 0 Å². The van der Waals surface area contributed by atoms with Gasteiger partial charge in [0, 0.05) is 0 Å². The molecule has 0 aromatic rings. The summed E-state index contributed by atoms with van der Waals surface area (Å²) in [4.78, 5) is 0. The van der Waals surface area contributed by atoms with Crippen LogP contribution in [0.3, 0.4) is 0 Å². The standard InChI is InChI=1S/C7H12O2/c1-6-3-2-4-9-7(6)5-8/h2,4,6-8H,3,5H2,1H3/t6-,7+/m0/s1. The van der Waals surface area contributed by atoms with Crippen LogP contribution < -0.4 is 0 Å². The molecule has 9 heavy (non-hydrogen) atoms. The first-order valence-corrected chi connectivity index (χ1v) is 3.26. The van der Waals surface area contributed by atoms with Gasteiger partial charge in [-0.1, -0.05) is 6.92 Å². The molecule has 1 aliphatic heterocycles. The van der Waals surface area contributed by atoms with Crippen LogP contribution in [0.1, 0.15) is 13.3 Å². The lowest BCUT2D eigenvalue weighted by Gasteiger charge is -2.23. The molecule has 0 saturated heterocycles. The second-order valence-corrected chi connectivity index (χ2v) is 2.44. The Labute approximate surface area is 55.1 Å². The molecule has 0 bridgehead atoms. The van der Waals surface area contributed by atoms with Gasteiger partial charge in [-0.05, 0) is 18.4 Å². The number of rotatable bonds is 1. The minimum absolute atomic E-state index is 0.0231. The highest BCUT2D eigenvalue weighted by molar-refractivity contribution is 4.85. The van der Waals surface area contributed by atoms with Crippen LogP contribution in [-0.4, -0.2) is 17.8 Å². The monoisotopic (exact) mass is 128 g/mol. The Balaban J connectivity index is 2.43. The first kappa shape index (κ1) is 6.62. The topological polar surface area (TPSA) is 29.5 Å². The van der Waals surface area contributed by atoms with E-state index in [1.807, 2.05) is 6.08 Å². The molecule has 0 saturated carbocycles. The van der Waals surface area contributed by atoms with Crippen LogP contribution in [0.25, 0.3) is 0 Å². The van der Waals surface area contributed by atoms with E-state index in [2.05, 4.69) is 6.92 Å². The number of hydrogen-bond donors (Lipinski definition) is 1. The van der Waals surface area contributed by atoms with Gasteiger partial charge in [0.1, 0.15) is 6.10 Å². The highest BCUT2D eigenvalue weighted by Gasteiger charge is 2.17. The summed E-state index contributed by atoms with van der Waals surface area (Å²) >= 11 is 0. The Kier molecular flexibility index (Phi) is 2.11. The number of hydrogen-bond acceptors (Lipinski definition) is 2. The number of ether oxygens (including phenoxy) is 1. The maximum absolute atomic E-state index is 8.70. The Hall–Kier alpha value is -0.500. The fourth-order valence-corrected chi connectivity index (χ4v) is 0.936. The fourth-order valence-electron chi connectivity index (χ4n) is 0.936. The van der Waals surface area contributed by atoms with Gasteiger partial charge < -0.3 is 9.84 Å². The van der Waals surface area contributed by atoms with Crippen molar-refractivity contribution in [3.8, 4) is 0 Å². The highest BCUT2D eigenvalue weighted by atomic mass is 16.5. The van der Waals surface area contributed by atoms with Crippen molar-refractivity contribution in [3.05, 3.63) is 12.3 Å². The molecule has 1 heterocycles. The first-order valence-electron chi connectivity index (χ1n) is 3.26. The van der Waals surface area contributed by atoms with Gasteiger partial charge in [0.05, 0.1) is 12.9 Å². The van der Waals surface area contributed by atoms with Gasteiger partial charge in [-0.15, -0.1) is 0 Å². The quantitative estimate of drug-likeness (QED) is 0.569. The molecule has 1 aliphatic rings. The summed E-state index contributed by atoms with van der Waals surface area (Å²) in [5, 5.41) is 8.70. The Morgan fingerprint density at radius 1 is 1.78 bits per heavy atom. The van der Waals surface area contributed by atoms with Crippen LogP contribution in [-0.2, 0) is 4.74 Å². The molecule has 0 unspecified atom stereocenters. The third kappa shape index (κ3) is 1.45. The molecular formula is C7H12O2. The Bertz CT molecular complexity index is 109. The lowest BCUT2D eigenvalue weighted by Crippen LogP contribution is -2.25. The molecule has 2 nitrogen and oxygen atoms in total. The number of aliphatic hydroxyl groups excluding tert-OH is 1. The predicted molar refractivity (Wildman–Crippen MR) is 34.9 cm³/mol. The largest absolute Gasteiger partial charge is 0.496 e. The summed E-state index contributed by atoms with van der Waals surface area (Å²) in [5.41, 5.74) is 0. The Morgan fingerprint density at radius 2 is 2.56 bits per heavy atom. The SMILES string of the molecule is C[C@H]1CC=CO[C@@H]1CO. The van der Waals surface area contributed by atoms with Crippen molar-refractivity contribution in [2.75, 3.05) is 6.61 Å². The second-order valence-electron chi connectivity index (χ2n) is 2.44. The van der Waals surface area contributed by atoms with Crippen LogP contribution in [0, 0.1) is 5.92 Å². The van der Waals surface area contributed by atoms with Gasteiger partial charge in [0.2, 0.25) is 0 Å². The smallest absolute Gasteiger partial charge is 0.124 e. The van der Waals surface area contributed by atoms with Gasteiger partial charge in [0.25, 0.3) is 0 Å². The van der Waals surface area contributed by atoms with Crippen LogP contribution >= 0.6 is 0 Å². The maximum Gasteiger partial charge on any atom is 0.124 e. The summed E-state index contributed by atoms with van der Waals surface area (Å²) < 4.78 is 5.11. The van der Waals surface area contributed by atoms with Gasteiger partial charge >= 0.3 is 0 Å². The van der Waals surface area contributed by atoms with Crippen LogP contribution in [0.5, 0.6) is 0 Å². The van der Waals surface area contributed by atoms with Crippen LogP contribution in [0.2, 0.25) is 0 Å². The van der Waals surface area contributed by atoms with Crippen molar-refractivity contribution < 1.29 is 9.84 Å². The molecule has 52 valence electrons. The van der Waals surface area contributed by atoms with E-state index in [4.69, 9.17) is 9.84 Å². The van der Waals surface area contributed by atoms with Crippen LogP contribution in [0.4, 0.5) is 0 Å². The molecule has 0 spiro atoms. The molecule has 2 heteroatoms. The molecule has 2 atom stereocenters. The zero-order chi connectivity index (χ0) is 6.69. The summed E-state index contributed by atoms with van der Waals surface area (Å²) in [5.74, 6) is 0.458. The molecule has 0 aliphatic carbocycles. The Morgan fingerprint density at radius 3 is 3.00 bits per heavy atom. The van der Waals surface area contributed by atoms with Gasteiger partial charge in [-0.25, -0.2) is 0 Å². The molecular weight excluding hydrogens is 116 g/mol. The van der Waals surface area contributed by atoms with Crippen molar-refractivity contribution in [2.24, 2.45) is 5.92 Å². The summed E-state index contributed by atoms with van der Waals surface area (Å²) in [6.07, 6.45) is 4.69.